The summed E-state index contributed by atoms with van der Waals surface area (Å²) >= 11 is 0. The normalized spacial score (nSPS) is 23.7. The molecule has 0 bridgehead atoms. The summed E-state index contributed by atoms with van der Waals surface area (Å²) in [6.45, 7) is 3.35. The quantitative estimate of drug-likeness (QED) is 0.680. The van der Waals surface area contributed by atoms with E-state index in [9.17, 15) is 0 Å². The maximum atomic E-state index is 8.89. The minimum absolute atomic E-state index is 0.745. The van der Waals surface area contributed by atoms with Gasteiger partial charge in [-0.3, -0.25) is 0 Å². The molecule has 0 amide bonds. The number of rotatable bonds is 1. The third-order valence-electron chi connectivity index (χ3n) is 3.24. The second kappa shape index (κ2) is 6.42. The lowest BCUT2D eigenvalue weighted by Gasteiger charge is -2.25. The number of carbonyl (C=O) groups is 1. The molecule has 17 heavy (non-hydrogen) atoms. The average molecular weight is 238 g/mol. The van der Waals surface area contributed by atoms with E-state index in [0.717, 1.165) is 18.9 Å². The Hall–Kier alpha value is -1.32. The Morgan fingerprint density at radius 2 is 2.00 bits per heavy atom. The highest BCUT2D eigenvalue weighted by molar-refractivity contribution is 5.60. The van der Waals surface area contributed by atoms with E-state index >= 15 is 0 Å². The van der Waals surface area contributed by atoms with Crippen molar-refractivity contribution in [1.82, 2.24) is 4.57 Å². The number of aliphatic carboxylic acids is 1. The Morgan fingerprint density at radius 3 is 2.47 bits per heavy atom. The summed E-state index contributed by atoms with van der Waals surface area (Å²) < 4.78 is 4.51. The molecule has 4 nitrogen and oxygen atoms in total. The highest BCUT2D eigenvalue weighted by Gasteiger charge is 2.26. The van der Waals surface area contributed by atoms with Gasteiger partial charge in [0.05, 0.1) is 7.05 Å². The Kier molecular flexibility index (Phi) is 5.19. The van der Waals surface area contributed by atoms with Gasteiger partial charge in [0.2, 0.25) is 6.33 Å². The predicted octanol–water partition coefficient (Wildman–Crippen LogP) is 0.820. The van der Waals surface area contributed by atoms with Crippen LogP contribution in [0.15, 0.2) is 18.7 Å². The van der Waals surface area contributed by atoms with Gasteiger partial charge in [-0.05, 0) is 32.1 Å². The van der Waals surface area contributed by atoms with E-state index in [-0.39, 0.29) is 0 Å². The first-order valence-electron chi connectivity index (χ1n) is 6.21. The van der Waals surface area contributed by atoms with E-state index in [1.807, 2.05) is 0 Å². The van der Waals surface area contributed by atoms with E-state index < -0.39 is 5.97 Å². The maximum Gasteiger partial charge on any atom is 0.243 e. The molecule has 0 saturated heterocycles. The number of carboxylic acid groups (broad SMARTS) is 1. The molecule has 0 aromatic carbocycles. The fourth-order valence-corrected chi connectivity index (χ4v) is 2.41. The molecule has 1 aliphatic carbocycles. The van der Waals surface area contributed by atoms with Crippen LogP contribution >= 0.6 is 0 Å². The van der Waals surface area contributed by atoms with Gasteiger partial charge in [-0.1, -0.05) is 13.3 Å². The smallest absolute Gasteiger partial charge is 0.243 e. The van der Waals surface area contributed by atoms with E-state index in [2.05, 4.69) is 41.8 Å². The summed E-state index contributed by atoms with van der Waals surface area (Å²) in [5.74, 6) is -0.235. The number of imidazole rings is 1. The van der Waals surface area contributed by atoms with E-state index in [1.165, 1.54) is 25.7 Å². The molecule has 0 radical (unpaired) electrons. The molecule has 0 N–H and O–H groups in total. The molecule has 2 unspecified atom stereocenters. The first kappa shape index (κ1) is 13.7. The van der Waals surface area contributed by atoms with Crippen LogP contribution in [-0.2, 0) is 11.8 Å². The highest BCUT2D eigenvalue weighted by Crippen LogP contribution is 2.29. The van der Waals surface area contributed by atoms with Gasteiger partial charge in [-0.15, -0.1) is 0 Å². The lowest BCUT2D eigenvalue weighted by Crippen LogP contribution is -2.42. The van der Waals surface area contributed by atoms with Crippen molar-refractivity contribution in [1.29, 1.82) is 0 Å². The zero-order valence-electron chi connectivity index (χ0n) is 10.9. The number of aryl methyl sites for hydroxylation is 1. The third-order valence-corrected chi connectivity index (χ3v) is 3.24. The molecule has 1 aromatic rings. The van der Waals surface area contributed by atoms with Crippen molar-refractivity contribution in [3.8, 4) is 0 Å². The number of aromatic nitrogens is 2. The minimum Gasteiger partial charge on any atom is -0.550 e. The molecule has 1 aromatic heterocycles. The van der Waals surface area contributed by atoms with Crippen LogP contribution < -0.4 is 9.67 Å². The topological polar surface area (TPSA) is 48.9 Å². The molecular formula is C13H22N2O2. The first-order chi connectivity index (χ1) is 8.00. The molecule has 1 saturated carbocycles. The summed E-state index contributed by atoms with van der Waals surface area (Å²) in [6.07, 6.45) is 12.1. The number of nitrogens with zero attached hydrogens (tertiary/aromatic N) is 2. The first-order valence-corrected chi connectivity index (χ1v) is 6.21. The van der Waals surface area contributed by atoms with Crippen LogP contribution in [0.1, 0.15) is 45.6 Å². The van der Waals surface area contributed by atoms with Crippen molar-refractivity contribution in [3.63, 3.8) is 0 Å². The van der Waals surface area contributed by atoms with Gasteiger partial charge < -0.3 is 9.90 Å². The SMILES string of the molecule is CC(=O)[O-].CC1CCCCC1[n+]1ccn(C)c1. The molecule has 0 aliphatic heterocycles. The zero-order valence-corrected chi connectivity index (χ0v) is 10.9. The van der Waals surface area contributed by atoms with Crippen molar-refractivity contribution >= 4 is 5.97 Å². The summed E-state index contributed by atoms with van der Waals surface area (Å²) in [5, 5.41) is 8.89. The standard InChI is InChI=1S/C11H19N2.C2H4O2/c1-10-5-3-4-6-11(10)13-8-7-12(2)9-13;1-2(3)4/h7-11H,3-6H2,1-2H3;1H3,(H,3,4)/q+1;/p-1. The van der Waals surface area contributed by atoms with Crippen LogP contribution in [0.5, 0.6) is 0 Å². The second-order valence-corrected chi connectivity index (χ2v) is 4.85. The van der Waals surface area contributed by atoms with Crippen molar-refractivity contribution in [2.45, 2.75) is 45.6 Å². The second-order valence-electron chi connectivity index (χ2n) is 4.85. The van der Waals surface area contributed by atoms with Crippen LogP contribution in [0.2, 0.25) is 0 Å². The molecule has 96 valence electrons. The molecular weight excluding hydrogens is 216 g/mol. The number of hydrogen-bond donors (Lipinski definition) is 0. The molecule has 0 spiro atoms. The fraction of sp³-hybridized carbons (Fsp3) is 0.692. The Balaban J connectivity index is 0.000000317. The maximum absolute atomic E-state index is 8.89. The molecule has 4 heteroatoms. The molecule has 1 heterocycles. The van der Waals surface area contributed by atoms with Gasteiger partial charge in [0.25, 0.3) is 0 Å². The van der Waals surface area contributed by atoms with E-state index in [1.54, 1.807) is 0 Å². The van der Waals surface area contributed by atoms with Crippen LogP contribution in [0.25, 0.3) is 0 Å². The van der Waals surface area contributed by atoms with Crippen LogP contribution in [-0.4, -0.2) is 10.5 Å². The predicted molar refractivity (Wildman–Crippen MR) is 63.0 cm³/mol. The van der Waals surface area contributed by atoms with Crippen molar-refractivity contribution in [2.24, 2.45) is 13.0 Å². The molecule has 2 atom stereocenters. The molecule has 2 rings (SSSR count). The van der Waals surface area contributed by atoms with Crippen LogP contribution in [0.4, 0.5) is 0 Å². The summed E-state index contributed by atoms with van der Waals surface area (Å²) in [6, 6.07) is 0.745. The minimum atomic E-state index is -1.08. The number of carboxylic acids is 1. The van der Waals surface area contributed by atoms with Gasteiger partial charge >= 0.3 is 0 Å². The third kappa shape index (κ3) is 4.59. The molecule has 1 aliphatic rings. The fourth-order valence-electron chi connectivity index (χ4n) is 2.41. The van der Waals surface area contributed by atoms with Crippen molar-refractivity contribution in [2.75, 3.05) is 0 Å². The van der Waals surface area contributed by atoms with Gasteiger partial charge in [0, 0.05) is 5.97 Å². The number of carbonyl (C=O) groups excluding carboxylic acids is 1. The van der Waals surface area contributed by atoms with Gasteiger partial charge in [0.15, 0.2) is 0 Å². The Morgan fingerprint density at radius 1 is 1.41 bits per heavy atom. The highest BCUT2D eigenvalue weighted by atomic mass is 16.4. The van der Waals surface area contributed by atoms with Crippen LogP contribution in [0, 0.1) is 5.92 Å². The summed E-state index contributed by atoms with van der Waals surface area (Å²) in [7, 11) is 2.09. The lowest BCUT2D eigenvalue weighted by atomic mass is 9.86. The molecule has 1 fully saturated rings. The number of hydrogen-bond acceptors (Lipinski definition) is 2. The van der Waals surface area contributed by atoms with Crippen molar-refractivity contribution < 1.29 is 14.5 Å². The van der Waals surface area contributed by atoms with Gasteiger partial charge in [-0.25, -0.2) is 9.13 Å². The van der Waals surface area contributed by atoms with Crippen LogP contribution in [0.3, 0.4) is 0 Å². The largest absolute Gasteiger partial charge is 0.550 e. The van der Waals surface area contributed by atoms with E-state index in [0.29, 0.717) is 0 Å². The van der Waals surface area contributed by atoms with Gasteiger partial charge in [0.1, 0.15) is 18.4 Å². The van der Waals surface area contributed by atoms with Gasteiger partial charge in [-0.2, -0.15) is 0 Å². The monoisotopic (exact) mass is 238 g/mol. The van der Waals surface area contributed by atoms with E-state index in [4.69, 9.17) is 9.90 Å². The Bertz CT molecular complexity index is 356. The lowest BCUT2D eigenvalue weighted by molar-refractivity contribution is -0.731. The van der Waals surface area contributed by atoms with Crippen molar-refractivity contribution in [3.05, 3.63) is 18.7 Å². The summed E-state index contributed by atoms with van der Waals surface area (Å²) in [5.41, 5.74) is 0. The summed E-state index contributed by atoms with van der Waals surface area (Å²) in [4.78, 5) is 8.89. The average Bonchev–Trinajstić information content (AvgIpc) is 2.64. The zero-order chi connectivity index (χ0) is 12.8. The Labute approximate surface area is 103 Å².